The average Bonchev–Trinajstić information content (AvgIpc) is 2.94. The number of allylic oxidation sites excluding steroid dienone is 1. The Labute approximate surface area is 261 Å². The molecule has 11 nitrogen and oxygen atoms in total. The number of benzene rings is 2. The van der Waals surface area contributed by atoms with Gasteiger partial charge in [0, 0.05) is 0 Å². The number of hydrazine groups is 1. The largest absolute Gasteiger partial charge is 0.319 e. The van der Waals surface area contributed by atoms with E-state index in [4.69, 9.17) is 16.1 Å². The van der Waals surface area contributed by atoms with Crippen molar-refractivity contribution in [3.63, 3.8) is 0 Å². The highest BCUT2D eigenvalue weighted by Gasteiger charge is 2.55. The summed E-state index contributed by atoms with van der Waals surface area (Å²) >= 11 is 0. The zero-order valence-corrected chi connectivity index (χ0v) is 27.4. The Morgan fingerprint density at radius 1 is 0.932 bits per heavy atom. The number of aryl methyl sites for hydroxylation is 1. The van der Waals surface area contributed by atoms with Crippen LogP contribution in [0.1, 0.15) is 65.5 Å². The van der Waals surface area contributed by atoms with E-state index in [1.807, 2.05) is 65.0 Å². The Morgan fingerprint density at radius 3 is 1.89 bits per heavy atom. The van der Waals surface area contributed by atoms with E-state index >= 15 is 0 Å². The number of Topliss-reactive ketones (excluding diaryl/α,β-unsaturated/α-hetero) is 1. The van der Waals surface area contributed by atoms with Crippen LogP contribution in [0.25, 0.3) is 6.08 Å². The van der Waals surface area contributed by atoms with Gasteiger partial charge in [0.05, 0.1) is 27.7 Å². The molecule has 0 bridgehead atoms. The summed E-state index contributed by atoms with van der Waals surface area (Å²) in [6.07, 6.45) is 3.95. The maximum Gasteiger partial charge on any atom is 0.294 e. The van der Waals surface area contributed by atoms with Gasteiger partial charge in [-0.3, -0.25) is 29.6 Å². The van der Waals surface area contributed by atoms with Gasteiger partial charge in [-0.2, -0.15) is 8.42 Å². The number of hydrogen-bond donors (Lipinski definition) is 6. The van der Waals surface area contributed by atoms with Gasteiger partial charge in [0.2, 0.25) is 11.8 Å². The van der Waals surface area contributed by atoms with Gasteiger partial charge in [0.1, 0.15) is 0 Å². The maximum atomic E-state index is 14.0. The molecule has 2 amide bonds. The fraction of sp³-hybridized carbons (Fsp3) is 0.469. The lowest BCUT2D eigenvalue weighted by Gasteiger charge is -2.44. The molecule has 2 aromatic rings. The van der Waals surface area contributed by atoms with Crippen LogP contribution in [0.4, 0.5) is 0 Å². The predicted octanol–water partition coefficient (Wildman–Crippen LogP) is 4.05. The molecule has 3 atom stereocenters. The number of carbonyl (C=O) groups is 3. The van der Waals surface area contributed by atoms with Crippen molar-refractivity contribution >= 4 is 33.8 Å². The molecule has 2 aromatic carbocycles. The van der Waals surface area contributed by atoms with Gasteiger partial charge < -0.3 is 5.73 Å². The first-order valence-electron chi connectivity index (χ1n) is 14.4. The van der Waals surface area contributed by atoms with Crippen LogP contribution in [0.15, 0.2) is 65.6 Å². The van der Waals surface area contributed by atoms with Crippen LogP contribution in [0.2, 0.25) is 0 Å². The summed E-state index contributed by atoms with van der Waals surface area (Å²) in [6.45, 7) is 12.7. The first kappa shape index (κ1) is 38.6. The van der Waals surface area contributed by atoms with Crippen LogP contribution in [0, 0.1) is 36.0 Å². The highest BCUT2D eigenvalue weighted by Crippen LogP contribution is 2.46. The molecule has 244 valence electrons. The molecule has 0 spiro atoms. The van der Waals surface area contributed by atoms with Crippen molar-refractivity contribution in [1.82, 2.24) is 10.9 Å². The molecule has 0 fully saturated rings. The van der Waals surface area contributed by atoms with Crippen LogP contribution in [-0.4, -0.2) is 41.3 Å². The van der Waals surface area contributed by atoms with Gasteiger partial charge in [0.25, 0.3) is 10.1 Å². The normalized spacial score (nSPS) is 14.8. The maximum absolute atomic E-state index is 14.0. The fourth-order valence-corrected chi connectivity index (χ4v) is 5.74. The van der Waals surface area contributed by atoms with E-state index in [-0.39, 0.29) is 29.6 Å². The smallest absolute Gasteiger partial charge is 0.294 e. The van der Waals surface area contributed by atoms with E-state index in [2.05, 4.69) is 5.43 Å². The van der Waals surface area contributed by atoms with Gasteiger partial charge in [-0.05, 0) is 63.1 Å². The second-order valence-electron chi connectivity index (χ2n) is 12.4. The first-order valence-corrected chi connectivity index (χ1v) is 15.8. The quantitative estimate of drug-likeness (QED) is 0.0619. The van der Waals surface area contributed by atoms with Crippen LogP contribution < -0.4 is 22.5 Å². The number of amides is 2. The Kier molecular flexibility index (Phi) is 14.6. The Balaban J connectivity index is 0.000000733. The molecule has 0 radical (unpaired) electrons. The molecule has 0 heterocycles. The number of nitrogens with two attached hydrogens (primary N) is 2. The predicted molar refractivity (Wildman–Crippen MR) is 170 cm³/mol. The molecular formula is C32H48N4O7S. The molecule has 1 unspecified atom stereocenters. The summed E-state index contributed by atoms with van der Waals surface area (Å²) in [6, 6.07) is 15.3. The molecule has 2 rings (SSSR count). The minimum absolute atomic E-state index is 0.0112. The summed E-state index contributed by atoms with van der Waals surface area (Å²) in [5.74, 6) is 1.41. The van der Waals surface area contributed by atoms with Crippen molar-refractivity contribution in [1.29, 1.82) is 0 Å². The van der Waals surface area contributed by atoms with Gasteiger partial charge in [-0.15, -0.1) is 0 Å². The lowest BCUT2D eigenvalue weighted by molar-refractivity contribution is -0.152. The van der Waals surface area contributed by atoms with E-state index < -0.39 is 50.5 Å². The summed E-state index contributed by atoms with van der Waals surface area (Å²) < 4.78 is 29.6. The standard InChI is InChI=1S/C25H40N4O4.C7H8O3S/c1-16(2)14-19(21(30)28-27)20(22(31)29-33)25(15-17(3)4,23(32)24(5,6)26)13-12-18-10-8-7-9-11-18;1-6-2-4-7(5-3-6)11(8,9)10/h7-13,16-17,19-20,33H,14-15,26-27H2,1-6H3,(H,28,30)(H,29,31);2-5H,1H3,(H,8,9,10)/b13-12+;/t19-,20-,25?;/m1./s1. The van der Waals surface area contributed by atoms with Gasteiger partial charge in [0.15, 0.2) is 5.78 Å². The minimum Gasteiger partial charge on any atom is -0.319 e. The van der Waals surface area contributed by atoms with Crippen molar-refractivity contribution in [2.45, 2.75) is 71.7 Å². The SMILES string of the molecule is CC(C)C[C@@H](C(=O)NN)[C@H](C(=O)NO)C(/C=C/c1ccccc1)(CC(C)C)C(=O)C(C)(C)N.Cc1ccc(S(=O)(=O)O)cc1. The summed E-state index contributed by atoms with van der Waals surface area (Å²) in [5, 5.41) is 9.68. The van der Waals surface area contributed by atoms with Crippen molar-refractivity contribution in [2.24, 2.45) is 40.7 Å². The number of hydroxylamine groups is 1. The van der Waals surface area contributed by atoms with Crippen molar-refractivity contribution in [2.75, 3.05) is 0 Å². The topological polar surface area (TPSA) is 202 Å². The summed E-state index contributed by atoms with van der Waals surface area (Å²) in [7, 11) is -4.02. The van der Waals surface area contributed by atoms with Gasteiger partial charge in [-0.1, -0.05) is 87.9 Å². The summed E-state index contributed by atoms with van der Waals surface area (Å²) in [4.78, 5) is 40.1. The molecule has 0 saturated heterocycles. The molecule has 0 saturated carbocycles. The number of carbonyl (C=O) groups excluding carboxylic acids is 3. The van der Waals surface area contributed by atoms with Crippen LogP contribution in [0.5, 0.6) is 0 Å². The molecule has 44 heavy (non-hydrogen) atoms. The fourth-order valence-electron chi connectivity index (χ4n) is 5.26. The second kappa shape index (κ2) is 16.6. The lowest BCUT2D eigenvalue weighted by atomic mass is 9.58. The third-order valence-corrected chi connectivity index (χ3v) is 7.87. The monoisotopic (exact) mass is 632 g/mol. The Morgan fingerprint density at radius 2 is 1.48 bits per heavy atom. The summed E-state index contributed by atoms with van der Waals surface area (Å²) in [5.41, 5.74) is 9.11. The van der Waals surface area contributed by atoms with E-state index in [1.54, 1.807) is 43.6 Å². The van der Waals surface area contributed by atoms with Crippen molar-refractivity contribution in [3.8, 4) is 0 Å². The lowest BCUT2D eigenvalue weighted by Crippen LogP contribution is -2.59. The highest BCUT2D eigenvalue weighted by molar-refractivity contribution is 7.85. The second-order valence-corrected chi connectivity index (χ2v) is 13.8. The number of nitrogens with one attached hydrogen (secondary N) is 2. The molecular weight excluding hydrogens is 584 g/mol. The highest BCUT2D eigenvalue weighted by atomic mass is 32.2. The Bertz CT molecular complexity index is 1370. The third-order valence-electron chi connectivity index (χ3n) is 7.00. The van der Waals surface area contributed by atoms with Crippen LogP contribution in [-0.2, 0) is 24.5 Å². The molecule has 0 aliphatic rings. The van der Waals surface area contributed by atoms with E-state index in [0.717, 1.165) is 11.1 Å². The number of rotatable bonds is 13. The number of ketones is 1. The van der Waals surface area contributed by atoms with Crippen LogP contribution in [0.3, 0.4) is 0 Å². The molecule has 0 aliphatic carbocycles. The Hall–Kier alpha value is -3.42. The third kappa shape index (κ3) is 11.3. The zero-order valence-electron chi connectivity index (χ0n) is 26.6. The minimum atomic E-state index is -4.02. The van der Waals surface area contributed by atoms with Gasteiger partial charge in [-0.25, -0.2) is 11.3 Å². The molecule has 0 aliphatic heterocycles. The van der Waals surface area contributed by atoms with Crippen molar-refractivity contribution < 1.29 is 32.6 Å². The molecule has 12 heteroatoms. The average molecular weight is 633 g/mol. The molecule has 0 aromatic heterocycles. The van der Waals surface area contributed by atoms with Gasteiger partial charge >= 0.3 is 0 Å². The van der Waals surface area contributed by atoms with E-state index in [0.29, 0.717) is 0 Å². The first-order chi connectivity index (χ1) is 20.3. The van der Waals surface area contributed by atoms with Crippen LogP contribution >= 0.6 is 0 Å². The van der Waals surface area contributed by atoms with E-state index in [9.17, 15) is 28.0 Å². The number of hydrogen-bond acceptors (Lipinski definition) is 8. The molecule has 8 N–H and O–H groups in total. The van der Waals surface area contributed by atoms with E-state index in [1.165, 1.54) is 12.1 Å². The van der Waals surface area contributed by atoms with Crippen molar-refractivity contribution in [3.05, 3.63) is 71.8 Å². The zero-order chi connectivity index (χ0) is 33.9.